The fraction of sp³-hybridized carbons (Fsp3) is 0.452. The summed E-state index contributed by atoms with van der Waals surface area (Å²) in [5, 5.41) is 25.2. The second-order valence-electron chi connectivity index (χ2n) is 12.4. The minimum atomic E-state index is -6.41. The SMILES string of the molecule is Cn1nc(C(F)(F)C(F)(F)F)c(C(F)(F)F)c1-n1cc(-c2ccc(Cl)c(C(=O)N(COC(=O)OCCOC(=O)CC(C)(C)C(=O)O)C3(C#N)CC3)c2)cn1. The minimum Gasteiger partial charge on any atom is -0.481 e. The predicted octanol–water partition coefficient (Wildman–Crippen LogP) is 6.25. The maximum Gasteiger partial charge on any atom is 0.510 e. The number of amides is 1. The zero-order valence-electron chi connectivity index (χ0n) is 28.0. The number of carbonyl (C=O) groups is 4. The summed E-state index contributed by atoms with van der Waals surface area (Å²) in [4.78, 5) is 49.9. The van der Waals surface area contributed by atoms with Gasteiger partial charge in [-0.25, -0.2) is 14.2 Å². The first kappa shape index (κ1) is 41.3. The summed E-state index contributed by atoms with van der Waals surface area (Å²) in [6, 6.07) is 5.54. The molecule has 3 aromatic rings. The van der Waals surface area contributed by atoms with E-state index in [1.165, 1.54) is 26.0 Å². The number of carbonyl (C=O) groups excluding carboxylic acids is 3. The van der Waals surface area contributed by atoms with Gasteiger partial charge in [0.15, 0.2) is 18.2 Å². The Morgan fingerprint density at radius 2 is 1.65 bits per heavy atom. The van der Waals surface area contributed by atoms with Crippen LogP contribution < -0.4 is 0 Å². The van der Waals surface area contributed by atoms with Gasteiger partial charge in [0.25, 0.3) is 5.91 Å². The van der Waals surface area contributed by atoms with Crippen LogP contribution in [0.4, 0.5) is 39.9 Å². The molecule has 0 saturated heterocycles. The van der Waals surface area contributed by atoms with Gasteiger partial charge >= 0.3 is 36.4 Å². The molecule has 1 amide bonds. The number of aryl methyl sites for hydroxylation is 1. The molecule has 14 nitrogen and oxygen atoms in total. The van der Waals surface area contributed by atoms with Gasteiger partial charge in [-0.1, -0.05) is 17.7 Å². The van der Waals surface area contributed by atoms with E-state index in [1.807, 2.05) is 6.07 Å². The number of hydrogen-bond donors (Lipinski definition) is 1. The Balaban J connectivity index is 1.53. The van der Waals surface area contributed by atoms with Gasteiger partial charge in [0.2, 0.25) is 0 Å². The number of carboxylic acid groups (broad SMARTS) is 1. The number of esters is 1. The molecule has 0 aliphatic heterocycles. The highest BCUT2D eigenvalue weighted by Gasteiger charge is 2.64. The predicted molar refractivity (Wildman–Crippen MR) is 164 cm³/mol. The van der Waals surface area contributed by atoms with Crippen molar-refractivity contribution in [1.82, 2.24) is 24.5 Å². The molecular formula is C31H27ClF8N6O8. The number of hydrogen-bond acceptors (Lipinski definition) is 10. The Kier molecular flexibility index (Phi) is 11.3. The average molecular weight is 799 g/mol. The van der Waals surface area contributed by atoms with Crippen molar-refractivity contribution in [2.75, 3.05) is 19.9 Å². The second-order valence-corrected chi connectivity index (χ2v) is 12.9. The number of nitriles is 1. The van der Waals surface area contributed by atoms with Gasteiger partial charge in [-0.05, 0) is 44.4 Å². The fourth-order valence-corrected chi connectivity index (χ4v) is 5.06. The molecule has 1 aliphatic carbocycles. The second kappa shape index (κ2) is 14.8. The van der Waals surface area contributed by atoms with Crippen LogP contribution in [0.15, 0.2) is 30.6 Å². The van der Waals surface area contributed by atoms with Crippen LogP contribution in [0.3, 0.4) is 0 Å². The van der Waals surface area contributed by atoms with Crippen molar-refractivity contribution < 1.29 is 73.6 Å². The summed E-state index contributed by atoms with van der Waals surface area (Å²) in [6.45, 7) is 0.774. The summed E-state index contributed by atoms with van der Waals surface area (Å²) in [5.41, 5.74) is -8.18. The number of halogens is 9. The highest BCUT2D eigenvalue weighted by molar-refractivity contribution is 6.34. The lowest BCUT2D eigenvalue weighted by atomic mass is 9.90. The Labute approximate surface area is 303 Å². The number of ether oxygens (including phenoxy) is 3. The van der Waals surface area contributed by atoms with E-state index in [-0.39, 0.29) is 39.2 Å². The largest absolute Gasteiger partial charge is 0.510 e. The molecule has 0 atom stereocenters. The highest BCUT2D eigenvalue weighted by Crippen LogP contribution is 2.49. The molecule has 1 N–H and O–H groups in total. The average Bonchev–Trinajstić information content (AvgIpc) is 3.53. The van der Waals surface area contributed by atoms with Gasteiger partial charge in [0.1, 0.15) is 24.3 Å². The molecule has 0 radical (unpaired) electrons. The molecule has 4 rings (SSSR count). The van der Waals surface area contributed by atoms with E-state index >= 15 is 0 Å². The van der Waals surface area contributed by atoms with Gasteiger partial charge in [-0.15, -0.1) is 0 Å². The summed E-state index contributed by atoms with van der Waals surface area (Å²) in [5.74, 6) is -10.3. The van der Waals surface area contributed by atoms with Crippen molar-refractivity contribution in [2.45, 2.75) is 56.9 Å². The number of nitrogens with zero attached hydrogens (tertiary/aromatic N) is 6. The van der Waals surface area contributed by atoms with Crippen molar-refractivity contribution >= 4 is 35.6 Å². The van der Waals surface area contributed by atoms with Crippen LogP contribution >= 0.6 is 11.6 Å². The van der Waals surface area contributed by atoms with Crippen LogP contribution in [0, 0.1) is 16.7 Å². The zero-order chi connectivity index (χ0) is 40.6. The fourth-order valence-electron chi connectivity index (χ4n) is 4.86. The lowest BCUT2D eigenvalue weighted by Crippen LogP contribution is -2.43. The minimum absolute atomic E-state index is 0.0361. The lowest BCUT2D eigenvalue weighted by Gasteiger charge is -2.27. The maximum atomic E-state index is 14.2. The van der Waals surface area contributed by atoms with Gasteiger partial charge in [-0.2, -0.15) is 50.6 Å². The van der Waals surface area contributed by atoms with E-state index in [1.54, 1.807) is 0 Å². The third-order valence-electron chi connectivity index (χ3n) is 8.02. The summed E-state index contributed by atoms with van der Waals surface area (Å²) in [7, 11) is 0.705. The number of carboxylic acids is 1. The first-order valence-corrected chi connectivity index (χ1v) is 15.6. The molecule has 2 aromatic heterocycles. The molecule has 1 fully saturated rings. The quantitative estimate of drug-likeness (QED) is 0.0894. The Morgan fingerprint density at radius 1 is 1.02 bits per heavy atom. The first-order valence-electron chi connectivity index (χ1n) is 15.2. The van der Waals surface area contributed by atoms with Gasteiger partial charge in [-0.3, -0.25) is 19.3 Å². The van der Waals surface area contributed by atoms with Crippen molar-refractivity contribution in [3.05, 3.63) is 52.4 Å². The molecule has 54 heavy (non-hydrogen) atoms. The molecule has 0 spiro atoms. The van der Waals surface area contributed by atoms with Crippen molar-refractivity contribution in [3.63, 3.8) is 0 Å². The number of aliphatic carboxylic acids is 1. The maximum absolute atomic E-state index is 14.2. The van der Waals surface area contributed by atoms with E-state index in [9.17, 15) is 59.6 Å². The smallest absolute Gasteiger partial charge is 0.481 e. The third-order valence-corrected chi connectivity index (χ3v) is 8.35. The molecule has 292 valence electrons. The van der Waals surface area contributed by atoms with Crippen LogP contribution in [0.5, 0.6) is 0 Å². The number of alkyl halides is 8. The first-order chi connectivity index (χ1) is 24.9. The molecular weight excluding hydrogens is 772 g/mol. The highest BCUT2D eigenvalue weighted by atomic mass is 35.5. The lowest BCUT2D eigenvalue weighted by molar-refractivity contribution is -0.292. The van der Waals surface area contributed by atoms with E-state index in [0.29, 0.717) is 11.7 Å². The molecule has 2 heterocycles. The van der Waals surface area contributed by atoms with Gasteiger partial charge in [0, 0.05) is 18.8 Å². The van der Waals surface area contributed by atoms with Crippen molar-refractivity contribution in [1.29, 1.82) is 5.26 Å². The van der Waals surface area contributed by atoms with E-state index in [0.717, 1.165) is 23.4 Å². The third kappa shape index (κ3) is 8.50. The molecule has 0 unspecified atom stereocenters. The van der Waals surface area contributed by atoms with Crippen LogP contribution in [-0.4, -0.2) is 85.2 Å². The number of aromatic nitrogens is 4. The Morgan fingerprint density at radius 3 is 2.20 bits per heavy atom. The van der Waals surface area contributed by atoms with E-state index in [2.05, 4.69) is 10.2 Å². The topological polar surface area (TPSA) is 179 Å². The summed E-state index contributed by atoms with van der Waals surface area (Å²) < 4.78 is 125. The van der Waals surface area contributed by atoms with Crippen molar-refractivity contribution in [2.24, 2.45) is 12.5 Å². The monoisotopic (exact) mass is 798 g/mol. The van der Waals surface area contributed by atoms with Crippen LogP contribution in [0.1, 0.15) is 54.7 Å². The van der Waals surface area contributed by atoms with Gasteiger partial charge in [0.05, 0.1) is 34.7 Å². The molecule has 1 aromatic carbocycles. The molecule has 1 saturated carbocycles. The van der Waals surface area contributed by atoms with Crippen molar-refractivity contribution in [3.8, 4) is 23.0 Å². The Hall–Kier alpha value is -5.46. The number of benzene rings is 1. The van der Waals surface area contributed by atoms with E-state index in [4.69, 9.17) is 30.9 Å². The normalized spacial score (nSPS) is 14.2. The van der Waals surface area contributed by atoms with Crippen LogP contribution in [-0.2, 0) is 42.9 Å². The molecule has 1 aliphatic rings. The van der Waals surface area contributed by atoms with Gasteiger partial charge < -0.3 is 19.3 Å². The Bertz CT molecular complexity index is 2000. The van der Waals surface area contributed by atoms with E-state index < -0.39 is 96.7 Å². The standard InChI is InChI=1S/C31H27ClF8N6O8/c1-27(2,25(49)50)11-20(47)52-8-9-53-26(51)54-15-45(28(14-41)6-7-28)24(48)18-10-16(4-5-19(18)32)17-12-42-46(13-17)23-21(30(35,36)37)22(43-44(23)3)29(33,34)31(38,39)40/h4-5,10,12-13H,6-9,11,15H2,1-3H3,(H,49,50). The molecule has 0 bridgehead atoms. The molecule has 23 heteroatoms. The number of rotatable bonds is 13. The summed E-state index contributed by atoms with van der Waals surface area (Å²) in [6.07, 6.45) is -11.9. The zero-order valence-corrected chi connectivity index (χ0v) is 28.8. The van der Waals surface area contributed by atoms with Crippen LogP contribution in [0.25, 0.3) is 16.9 Å². The van der Waals surface area contributed by atoms with Crippen LogP contribution in [0.2, 0.25) is 5.02 Å². The summed E-state index contributed by atoms with van der Waals surface area (Å²) >= 11 is 6.28.